The summed E-state index contributed by atoms with van der Waals surface area (Å²) in [5.41, 5.74) is 1.01. The Morgan fingerprint density at radius 2 is 1.48 bits per heavy atom. The summed E-state index contributed by atoms with van der Waals surface area (Å²) in [7, 11) is 0. The minimum absolute atomic E-state index is 0.375. The average molecular weight is 350 g/mol. The van der Waals surface area contributed by atoms with E-state index in [0.717, 1.165) is 5.56 Å². The van der Waals surface area contributed by atoms with Crippen LogP contribution in [0.4, 0.5) is 0 Å². The quantitative estimate of drug-likeness (QED) is 0.491. The van der Waals surface area contributed by atoms with E-state index in [1.165, 1.54) is 0 Å². The van der Waals surface area contributed by atoms with Crippen LogP contribution < -0.4 is 0 Å². The molecular formula is C20H30O5. The molecule has 140 valence electrons. The molecule has 0 aliphatic rings. The second kappa shape index (κ2) is 12.0. The van der Waals surface area contributed by atoms with Crippen molar-refractivity contribution in [1.82, 2.24) is 0 Å². The molecule has 0 fully saturated rings. The molecule has 0 saturated heterocycles. The summed E-state index contributed by atoms with van der Waals surface area (Å²) in [6, 6.07) is 9.70. The Morgan fingerprint density at radius 1 is 0.920 bits per heavy atom. The Bertz CT molecular complexity index is 508. The number of hydrogen-bond acceptors (Lipinski definition) is 5. The number of benzene rings is 1. The van der Waals surface area contributed by atoms with Crippen molar-refractivity contribution in [1.29, 1.82) is 0 Å². The molecule has 1 aromatic carbocycles. The van der Waals surface area contributed by atoms with Crippen molar-refractivity contribution in [2.45, 2.75) is 52.3 Å². The van der Waals surface area contributed by atoms with Crippen LogP contribution in [0.5, 0.6) is 0 Å². The number of ether oxygens (including phenoxy) is 4. The Labute approximate surface area is 151 Å². The fraction of sp³-hybridized carbons (Fsp3) is 0.600. The van der Waals surface area contributed by atoms with Crippen LogP contribution in [0.15, 0.2) is 30.3 Å². The Kier molecular flexibility index (Phi) is 10.4. The van der Waals surface area contributed by atoms with E-state index < -0.39 is 18.2 Å². The summed E-state index contributed by atoms with van der Waals surface area (Å²) in [4.78, 5) is 0. The first-order chi connectivity index (χ1) is 12.1. The molecule has 0 amide bonds. The molecule has 1 atom stereocenters. The third kappa shape index (κ3) is 7.15. The highest BCUT2D eigenvalue weighted by atomic mass is 16.8. The second-order valence-corrected chi connectivity index (χ2v) is 5.25. The van der Waals surface area contributed by atoms with Crippen LogP contribution in [0.3, 0.4) is 0 Å². The van der Waals surface area contributed by atoms with Crippen molar-refractivity contribution in [2.75, 3.05) is 26.4 Å². The predicted molar refractivity (Wildman–Crippen MR) is 97.0 cm³/mol. The maximum absolute atomic E-state index is 10.3. The maximum Gasteiger partial charge on any atom is 0.286 e. The molecule has 1 unspecified atom stereocenters. The van der Waals surface area contributed by atoms with E-state index in [1.807, 2.05) is 58.0 Å². The van der Waals surface area contributed by atoms with Gasteiger partial charge < -0.3 is 24.1 Å². The van der Waals surface area contributed by atoms with Crippen LogP contribution in [0.1, 0.15) is 33.3 Å². The fourth-order valence-electron chi connectivity index (χ4n) is 2.38. The van der Waals surface area contributed by atoms with Gasteiger partial charge in [-0.05, 0) is 39.2 Å². The number of rotatable bonds is 11. The number of hydrogen-bond donors (Lipinski definition) is 1. The largest absolute Gasteiger partial charge is 0.380 e. The van der Waals surface area contributed by atoms with Gasteiger partial charge in [0, 0.05) is 32.8 Å². The third-order valence-electron chi connectivity index (χ3n) is 3.35. The van der Waals surface area contributed by atoms with Gasteiger partial charge in [-0.25, -0.2) is 0 Å². The van der Waals surface area contributed by atoms with Crippen LogP contribution in [-0.2, 0) is 25.4 Å². The lowest BCUT2D eigenvalue weighted by Gasteiger charge is -2.34. The molecule has 1 rings (SSSR count). The van der Waals surface area contributed by atoms with Gasteiger partial charge >= 0.3 is 0 Å². The van der Waals surface area contributed by atoms with Crippen molar-refractivity contribution < 1.29 is 24.1 Å². The molecule has 0 aliphatic heterocycles. The molecule has 1 N–H and O–H groups in total. The van der Waals surface area contributed by atoms with Crippen LogP contribution >= 0.6 is 0 Å². The van der Waals surface area contributed by atoms with Crippen molar-refractivity contribution in [3.05, 3.63) is 35.9 Å². The molecule has 5 nitrogen and oxygen atoms in total. The minimum atomic E-state index is -1.37. The third-order valence-corrected chi connectivity index (χ3v) is 3.35. The van der Waals surface area contributed by atoms with Crippen molar-refractivity contribution in [3.63, 3.8) is 0 Å². The van der Waals surface area contributed by atoms with Gasteiger partial charge in [-0.15, -0.1) is 0 Å². The molecule has 0 bridgehead atoms. The first-order valence-corrected chi connectivity index (χ1v) is 8.87. The van der Waals surface area contributed by atoms with E-state index in [0.29, 0.717) is 32.8 Å². The number of aliphatic hydroxyl groups is 1. The highest BCUT2D eigenvalue weighted by Gasteiger charge is 2.41. The van der Waals surface area contributed by atoms with E-state index in [2.05, 4.69) is 11.8 Å². The molecule has 5 heteroatoms. The number of aliphatic hydroxyl groups excluding tert-OH is 1. The van der Waals surface area contributed by atoms with Gasteiger partial charge in [-0.1, -0.05) is 36.3 Å². The fourth-order valence-corrected chi connectivity index (χ4v) is 2.38. The molecule has 1 aromatic rings. The summed E-state index contributed by atoms with van der Waals surface area (Å²) >= 11 is 0. The molecular weight excluding hydrogens is 320 g/mol. The highest BCUT2D eigenvalue weighted by molar-refractivity contribution is 5.21. The van der Waals surface area contributed by atoms with Gasteiger partial charge in [0.2, 0.25) is 6.29 Å². The predicted octanol–water partition coefficient (Wildman–Crippen LogP) is 2.76. The van der Waals surface area contributed by atoms with Crippen molar-refractivity contribution in [3.8, 4) is 11.8 Å². The summed E-state index contributed by atoms with van der Waals surface area (Å²) in [5.74, 6) is 4.40. The SMILES string of the molecule is CCOC(OCC)C(C#CC(O)Cc1ccccc1)(OCC)OCC. The summed E-state index contributed by atoms with van der Waals surface area (Å²) in [6.07, 6.45) is -1.21. The van der Waals surface area contributed by atoms with Crippen LogP contribution in [-0.4, -0.2) is 49.7 Å². The van der Waals surface area contributed by atoms with E-state index in [-0.39, 0.29) is 0 Å². The second-order valence-electron chi connectivity index (χ2n) is 5.25. The van der Waals surface area contributed by atoms with Gasteiger partial charge in [0.05, 0.1) is 0 Å². The zero-order valence-electron chi connectivity index (χ0n) is 15.7. The van der Waals surface area contributed by atoms with Crippen LogP contribution in [0.25, 0.3) is 0 Å². The summed E-state index contributed by atoms with van der Waals surface area (Å²) in [5, 5.41) is 10.3. The minimum Gasteiger partial charge on any atom is -0.380 e. The lowest BCUT2D eigenvalue weighted by Crippen LogP contribution is -2.49. The van der Waals surface area contributed by atoms with E-state index in [1.54, 1.807) is 0 Å². The Hall–Kier alpha value is -1.42. The lowest BCUT2D eigenvalue weighted by molar-refractivity contribution is -0.321. The van der Waals surface area contributed by atoms with Crippen molar-refractivity contribution in [2.24, 2.45) is 0 Å². The molecule has 0 aliphatic carbocycles. The normalized spacial score (nSPS) is 12.7. The zero-order chi connectivity index (χ0) is 18.5. The molecule has 0 aromatic heterocycles. The van der Waals surface area contributed by atoms with Gasteiger partial charge in [-0.3, -0.25) is 0 Å². The van der Waals surface area contributed by atoms with Crippen LogP contribution in [0, 0.1) is 11.8 Å². The van der Waals surface area contributed by atoms with E-state index in [4.69, 9.17) is 18.9 Å². The summed E-state index contributed by atoms with van der Waals surface area (Å²) < 4.78 is 22.9. The molecule has 0 radical (unpaired) electrons. The zero-order valence-corrected chi connectivity index (χ0v) is 15.7. The molecule has 0 saturated carbocycles. The first-order valence-electron chi connectivity index (χ1n) is 8.87. The highest BCUT2D eigenvalue weighted by Crippen LogP contribution is 2.22. The van der Waals surface area contributed by atoms with Gasteiger partial charge in [0.15, 0.2) is 0 Å². The molecule has 0 spiro atoms. The van der Waals surface area contributed by atoms with Crippen molar-refractivity contribution >= 4 is 0 Å². The molecule has 0 heterocycles. The standard InChI is InChI=1S/C20H30O5/c1-5-22-19(23-6-2)20(24-7-3,25-8-4)15-14-18(21)16-17-12-10-9-11-13-17/h9-13,18-19,21H,5-8,16H2,1-4H3. The van der Waals surface area contributed by atoms with E-state index >= 15 is 0 Å². The topological polar surface area (TPSA) is 57.2 Å². The van der Waals surface area contributed by atoms with Gasteiger partial charge in [0.25, 0.3) is 5.79 Å². The Balaban J connectivity index is 3.01. The summed E-state index contributed by atoms with van der Waals surface area (Å²) in [6.45, 7) is 9.05. The Morgan fingerprint density at radius 3 is 1.96 bits per heavy atom. The maximum atomic E-state index is 10.3. The first kappa shape index (κ1) is 21.6. The van der Waals surface area contributed by atoms with Crippen LogP contribution in [0.2, 0.25) is 0 Å². The molecule has 25 heavy (non-hydrogen) atoms. The lowest BCUT2D eigenvalue weighted by atomic mass is 10.1. The monoisotopic (exact) mass is 350 g/mol. The average Bonchev–Trinajstić information content (AvgIpc) is 2.61. The van der Waals surface area contributed by atoms with Gasteiger partial charge in [-0.2, -0.15) is 0 Å². The van der Waals surface area contributed by atoms with E-state index in [9.17, 15) is 5.11 Å². The smallest absolute Gasteiger partial charge is 0.286 e. The van der Waals surface area contributed by atoms with Gasteiger partial charge in [0.1, 0.15) is 6.10 Å².